The van der Waals surface area contributed by atoms with Crippen LogP contribution in [0.3, 0.4) is 0 Å². The maximum Gasteiger partial charge on any atom is 0.257 e. The fourth-order valence-electron chi connectivity index (χ4n) is 1.83. The first-order chi connectivity index (χ1) is 10.1. The molecule has 1 rings (SSSR count). The van der Waals surface area contributed by atoms with Gasteiger partial charge < -0.3 is 0 Å². The Morgan fingerprint density at radius 2 is 1.43 bits per heavy atom. The highest BCUT2D eigenvalue weighted by atomic mass is 16.5. The quantitative estimate of drug-likeness (QED) is 0.387. The van der Waals surface area contributed by atoms with Gasteiger partial charge in [0.05, 0.1) is 0 Å². The molecular weight excluding hydrogens is 272 g/mol. The molecule has 0 saturated carbocycles. The number of carbonyl (C=O) groups is 3. The summed E-state index contributed by atoms with van der Waals surface area (Å²) in [5, 5.41) is 10.6. The SMILES string of the molecule is O=C(CCCCCCC(=O)NC(=O)c1ccccc1)NO. The predicted octanol–water partition coefficient (Wildman–Crippen LogP) is 1.79. The van der Waals surface area contributed by atoms with Crippen LogP contribution in [0.1, 0.15) is 48.9 Å². The van der Waals surface area contributed by atoms with Gasteiger partial charge in [0.25, 0.3) is 5.91 Å². The van der Waals surface area contributed by atoms with Gasteiger partial charge in [-0.2, -0.15) is 0 Å². The van der Waals surface area contributed by atoms with Crippen molar-refractivity contribution >= 4 is 17.7 Å². The summed E-state index contributed by atoms with van der Waals surface area (Å²) in [6.07, 6.45) is 3.48. The number of hydrogen-bond donors (Lipinski definition) is 3. The number of carbonyl (C=O) groups excluding carboxylic acids is 3. The zero-order chi connectivity index (χ0) is 15.5. The van der Waals surface area contributed by atoms with Gasteiger partial charge in [-0.25, -0.2) is 5.48 Å². The molecule has 0 aromatic heterocycles. The molecule has 1 aromatic carbocycles. The van der Waals surface area contributed by atoms with Crippen molar-refractivity contribution in [1.82, 2.24) is 10.8 Å². The van der Waals surface area contributed by atoms with Crippen molar-refractivity contribution < 1.29 is 19.6 Å². The Morgan fingerprint density at radius 3 is 2.00 bits per heavy atom. The van der Waals surface area contributed by atoms with Crippen molar-refractivity contribution in [3.63, 3.8) is 0 Å². The first-order valence-corrected chi connectivity index (χ1v) is 6.95. The maximum atomic E-state index is 11.7. The van der Waals surface area contributed by atoms with Gasteiger partial charge in [0.2, 0.25) is 11.8 Å². The molecule has 0 aliphatic carbocycles. The number of unbranched alkanes of at least 4 members (excludes halogenated alkanes) is 3. The Morgan fingerprint density at radius 1 is 0.857 bits per heavy atom. The van der Waals surface area contributed by atoms with Gasteiger partial charge in [-0.1, -0.05) is 31.0 Å². The second kappa shape index (κ2) is 9.66. The van der Waals surface area contributed by atoms with E-state index in [2.05, 4.69) is 5.32 Å². The van der Waals surface area contributed by atoms with Gasteiger partial charge >= 0.3 is 0 Å². The van der Waals surface area contributed by atoms with Crippen molar-refractivity contribution in [2.75, 3.05) is 0 Å². The van der Waals surface area contributed by atoms with Crippen LogP contribution in [0.4, 0.5) is 0 Å². The minimum absolute atomic E-state index is 0.273. The monoisotopic (exact) mass is 292 g/mol. The van der Waals surface area contributed by atoms with Gasteiger partial charge in [-0.05, 0) is 25.0 Å². The smallest absolute Gasteiger partial charge is 0.257 e. The second-order valence-corrected chi connectivity index (χ2v) is 4.69. The lowest BCUT2D eigenvalue weighted by molar-refractivity contribution is -0.129. The largest absolute Gasteiger partial charge is 0.292 e. The summed E-state index contributed by atoms with van der Waals surface area (Å²) in [5.74, 6) is -1.08. The van der Waals surface area contributed by atoms with E-state index in [1.807, 2.05) is 0 Å². The molecule has 3 amide bonds. The van der Waals surface area contributed by atoms with Crippen LogP contribution < -0.4 is 10.8 Å². The lowest BCUT2D eigenvalue weighted by Crippen LogP contribution is -2.30. The second-order valence-electron chi connectivity index (χ2n) is 4.69. The van der Waals surface area contributed by atoms with Crippen molar-refractivity contribution in [3.05, 3.63) is 35.9 Å². The normalized spacial score (nSPS) is 9.95. The minimum atomic E-state index is -0.402. The maximum absolute atomic E-state index is 11.7. The van der Waals surface area contributed by atoms with Crippen LogP contribution in [0.5, 0.6) is 0 Å². The van der Waals surface area contributed by atoms with Crippen LogP contribution in [-0.2, 0) is 9.59 Å². The van der Waals surface area contributed by atoms with E-state index in [0.717, 1.165) is 12.8 Å². The summed E-state index contributed by atoms with van der Waals surface area (Å²) < 4.78 is 0. The van der Waals surface area contributed by atoms with Crippen LogP contribution in [0.15, 0.2) is 30.3 Å². The van der Waals surface area contributed by atoms with E-state index in [9.17, 15) is 14.4 Å². The average molecular weight is 292 g/mol. The minimum Gasteiger partial charge on any atom is -0.292 e. The fraction of sp³-hybridized carbons (Fsp3) is 0.400. The van der Waals surface area contributed by atoms with E-state index in [4.69, 9.17) is 5.21 Å². The Kier molecular flexibility index (Phi) is 7.74. The molecule has 0 atom stereocenters. The van der Waals surface area contributed by atoms with Gasteiger partial charge in [-0.15, -0.1) is 0 Å². The number of benzene rings is 1. The average Bonchev–Trinajstić information content (AvgIpc) is 2.51. The third kappa shape index (κ3) is 7.22. The van der Waals surface area contributed by atoms with E-state index in [1.165, 1.54) is 0 Å². The molecule has 114 valence electrons. The topological polar surface area (TPSA) is 95.5 Å². The van der Waals surface area contributed by atoms with Crippen molar-refractivity contribution in [2.45, 2.75) is 38.5 Å². The first-order valence-electron chi connectivity index (χ1n) is 6.95. The van der Waals surface area contributed by atoms with Gasteiger partial charge in [0, 0.05) is 18.4 Å². The molecule has 21 heavy (non-hydrogen) atoms. The number of nitrogens with one attached hydrogen (secondary N) is 2. The molecule has 0 spiro atoms. The Hall–Kier alpha value is -2.21. The standard InChI is InChI=1S/C15H20N2O4/c18-13(10-6-1-2-7-11-14(19)17-21)16-15(20)12-8-4-3-5-9-12/h3-5,8-9,21H,1-2,6-7,10-11H2,(H,17,19)(H,16,18,20). The summed E-state index contributed by atoms with van der Waals surface area (Å²) >= 11 is 0. The molecule has 1 aromatic rings. The molecule has 6 heteroatoms. The fourth-order valence-corrected chi connectivity index (χ4v) is 1.83. The van der Waals surface area contributed by atoms with Crippen molar-refractivity contribution in [3.8, 4) is 0 Å². The summed E-state index contributed by atoms with van der Waals surface area (Å²) in [7, 11) is 0. The van der Waals surface area contributed by atoms with Gasteiger partial charge in [0.15, 0.2) is 0 Å². The molecule has 0 aliphatic rings. The number of hydroxylamine groups is 1. The third-order valence-electron chi connectivity index (χ3n) is 2.97. The molecule has 0 radical (unpaired) electrons. The van der Waals surface area contributed by atoms with Crippen molar-refractivity contribution in [1.29, 1.82) is 0 Å². The van der Waals surface area contributed by atoms with Crippen LogP contribution >= 0.6 is 0 Å². The van der Waals surface area contributed by atoms with E-state index in [0.29, 0.717) is 18.4 Å². The van der Waals surface area contributed by atoms with Gasteiger partial charge in [0.1, 0.15) is 0 Å². The molecule has 0 saturated heterocycles. The number of imide groups is 1. The Balaban J connectivity index is 2.12. The Labute approximate surface area is 123 Å². The van der Waals surface area contributed by atoms with Crippen LogP contribution in [0.2, 0.25) is 0 Å². The third-order valence-corrected chi connectivity index (χ3v) is 2.97. The highest BCUT2D eigenvalue weighted by Gasteiger charge is 2.09. The lowest BCUT2D eigenvalue weighted by atomic mass is 10.1. The lowest BCUT2D eigenvalue weighted by Gasteiger charge is -2.04. The van der Waals surface area contributed by atoms with Crippen LogP contribution in [-0.4, -0.2) is 22.9 Å². The Bertz CT molecular complexity index is 474. The molecule has 0 aliphatic heterocycles. The van der Waals surface area contributed by atoms with Crippen LogP contribution in [0, 0.1) is 0 Å². The number of rotatable bonds is 8. The van der Waals surface area contributed by atoms with E-state index in [1.54, 1.807) is 35.8 Å². The zero-order valence-electron chi connectivity index (χ0n) is 11.8. The number of amides is 3. The van der Waals surface area contributed by atoms with Crippen LogP contribution in [0.25, 0.3) is 0 Å². The van der Waals surface area contributed by atoms with Crippen molar-refractivity contribution in [2.24, 2.45) is 0 Å². The van der Waals surface area contributed by atoms with E-state index in [-0.39, 0.29) is 24.7 Å². The van der Waals surface area contributed by atoms with E-state index >= 15 is 0 Å². The summed E-state index contributed by atoms with van der Waals surface area (Å²) in [6.45, 7) is 0. The summed E-state index contributed by atoms with van der Waals surface area (Å²) in [6, 6.07) is 8.57. The molecular formula is C15H20N2O4. The molecule has 0 bridgehead atoms. The molecule has 0 heterocycles. The highest BCUT2D eigenvalue weighted by Crippen LogP contribution is 2.05. The van der Waals surface area contributed by atoms with Gasteiger partial charge in [-0.3, -0.25) is 24.9 Å². The molecule has 0 fully saturated rings. The molecule has 3 N–H and O–H groups in total. The number of hydrogen-bond acceptors (Lipinski definition) is 4. The summed E-state index contributed by atoms with van der Waals surface area (Å²) in [4.78, 5) is 34.0. The zero-order valence-corrected chi connectivity index (χ0v) is 11.8. The molecule has 6 nitrogen and oxygen atoms in total. The highest BCUT2D eigenvalue weighted by molar-refractivity contribution is 6.04. The predicted molar refractivity (Wildman–Crippen MR) is 76.5 cm³/mol. The first kappa shape index (κ1) is 16.8. The molecule has 0 unspecified atom stereocenters. The van der Waals surface area contributed by atoms with E-state index < -0.39 is 5.91 Å². The summed E-state index contributed by atoms with van der Waals surface area (Å²) in [5.41, 5.74) is 2.03.